The fraction of sp³-hybridized carbons (Fsp3) is 0.0476. The van der Waals surface area contributed by atoms with E-state index in [0.29, 0.717) is 5.69 Å². The van der Waals surface area contributed by atoms with Crippen molar-refractivity contribution in [1.29, 1.82) is 0 Å². The second kappa shape index (κ2) is 8.60. The van der Waals surface area contributed by atoms with Crippen LogP contribution in [0, 0.1) is 0 Å². The molecule has 0 saturated heterocycles. The van der Waals surface area contributed by atoms with Gasteiger partial charge in [-0.3, -0.25) is 9.78 Å². The van der Waals surface area contributed by atoms with E-state index in [9.17, 15) is 13.2 Å². The van der Waals surface area contributed by atoms with Crippen LogP contribution in [0.1, 0.15) is 21.6 Å². The molecule has 2 N–H and O–H groups in total. The van der Waals surface area contributed by atoms with Gasteiger partial charge in [0.15, 0.2) is 0 Å². The number of carbonyl (C=O) groups is 1. The van der Waals surface area contributed by atoms with Crippen molar-refractivity contribution in [3.05, 3.63) is 89.7 Å². The normalized spacial score (nSPS) is 11.5. The van der Waals surface area contributed by atoms with Crippen LogP contribution < -0.4 is 10.0 Å². The van der Waals surface area contributed by atoms with Crippen LogP contribution in [0.3, 0.4) is 0 Å². The fourth-order valence-electron chi connectivity index (χ4n) is 2.50. The van der Waals surface area contributed by atoms with E-state index in [2.05, 4.69) is 15.0 Å². The molecule has 0 unspecified atom stereocenters. The summed E-state index contributed by atoms with van der Waals surface area (Å²) in [5, 5.41) is 2.79. The lowest BCUT2D eigenvalue weighted by molar-refractivity contribution is 0.102. The lowest BCUT2D eigenvalue weighted by Crippen LogP contribution is -2.19. The standard InChI is InChI=1S/C21H19N3O3S/c1-22-28(26,27)20-10-5-7-17(15-20)21(25)24-19-9-4-6-16(14-19)11-12-18-8-2-3-13-23-18/h2-15,22H,1H3,(H,24,25)/b12-11+. The van der Waals surface area contributed by atoms with Gasteiger partial charge in [0.05, 0.1) is 10.6 Å². The van der Waals surface area contributed by atoms with Gasteiger partial charge in [0, 0.05) is 17.4 Å². The van der Waals surface area contributed by atoms with Crippen molar-refractivity contribution in [1.82, 2.24) is 9.71 Å². The van der Waals surface area contributed by atoms with Gasteiger partial charge in [-0.2, -0.15) is 0 Å². The number of carbonyl (C=O) groups excluding carboxylic acids is 1. The summed E-state index contributed by atoms with van der Waals surface area (Å²) in [6.07, 6.45) is 5.50. The van der Waals surface area contributed by atoms with Crippen LogP contribution in [0.25, 0.3) is 12.2 Å². The van der Waals surface area contributed by atoms with Crippen LogP contribution >= 0.6 is 0 Å². The number of nitrogens with one attached hydrogen (secondary N) is 2. The van der Waals surface area contributed by atoms with Crippen molar-refractivity contribution in [2.75, 3.05) is 12.4 Å². The average Bonchev–Trinajstić information content (AvgIpc) is 2.73. The maximum absolute atomic E-state index is 12.5. The molecular weight excluding hydrogens is 374 g/mol. The van der Waals surface area contributed by atoms with Crippen molar-refractivity contribution in [2.24, 2.45) is 0 Å². The van der Waals surface area contributed by atoms with E-state index in [1.165, 1.54) is 25.2 Å². The molecule has 1 amide bonds. The third-order valence-electron chi connectivity index (χ3n) is 3.95. The van der Waals surface area contributed by atoms with E-state index >= 15 is 0 Å². The van der Waals surface area contributed by atoms with E-state index < -0.39 is 10.0 Å². The molecule has 0 bridgehead atoms. The number of nitrogens with zero attached hydrogens (tertiary/aromatic N) is 1. The van der Waals surface area contributed by atoms with E-state index in [1.54, 1.807) is 18.3 Å². The van der Waals surface area contributed by atoms with Crippen molar-refractivity contribution < 1.29 is 13.2 Å². The SMILES string of the molecule is CNS(=O)(=O)c1cccc(C(=O)Nc2cccc(/C=C/c3ccccn3)c2)c1. The molecule has 0 aliphatic carbocycles. The highest BCUT2D eigenvalue weighted by molar-refractivity contribution is 7.89. The first kappa shape index (κ1) is 19.5. The van der Waals surface area contributed by atoms with Crippen molar-refractivity contribution in [3.63, 3.8) is 0 Å². The summed E-state index contributed by atoms with van der Waals surface area (Å²) in [5.74, 6) is -0.390. The number of aromatic nitrogens is 1. The van der Waals surface area contributed by atoms with E-state index in [-0.39, 0.29) is 16.4 Å². The highest BCUT2D eigenvalue weighted by atomic mass is 32.2. The summed E-state index contributed by atoms with van der Waals surface area (Å²) in [6.45, 7) is 0. The molecule has 1 aromatic heterocycles. The van der Waals surface area contributed by atoms with E-state index in [4.69, 9.17) is 0 Å². The Kier molecular flexibility index (Phi) is 5.98. The van der Waals surface area contributed by atoms with Crippen molar-refractivity contribution in [2.45, 2.75) is 4.90 Å². The number of benzene rings is 2. The number of sulfonamides is 1. The molecule has 3 rings (SSSR count). The lowest BCUT2D eigenvalue weighted by Gasteiger charge is -2.08. The van der Waals surface area contributed by atoms with Gasteiger partial charge in [-0.1, -0.05) is 30.3 Å². The molecule has 6 nitrogen and oxygen atoms in total. The predicted molar refractivity (Wildman–Crippen MR) is 110 cm³/mol. The Bertz CT molecular complexity index is 1110. The van der Waals surface area contributed by atoms with Crippen molar-refractivity contribution >= 4 is 33.8 Å². The summed E-state index contributed by atoms with van der Waals surface area (Å²) in [5.41, 5.74) is 2.59. The number of pyridine rings is 1. The smallest absolute Gasteiger partial charge is 0.255 e. The second-order valence-corrected chi connectivity index (χ2v) is 7.79. The van der Waals surface area contributed by atoms with Gasteiger partial charge < -0.3 is 5.32 Å². The molecule has 0 aliphatic rings. The van der Waals surface area contributed by atoms with Crippen LogP contribution in [0.15, 0.2) is 77.8 Å². The first-order chi connectivity index (χ1) is 13.5. The molecule has 2 aromatic carbocycles. The molecular formula is C21H19N3O3S. The third-order valence-corrected chi connectivity index (χ3v) is 5.37. The Morgan fingerprint density at radius 3 is 2.54 bits per heavy atom. The number of amides is 1. The summed E-state index contributed by atoms with van der Waals surface area (Å²) in [6, 6.07) is 18.9. The molecule has 0 aliphatic heterocycles. The maximum Gasteiger partial charge on any atom is 0.255 e. The largest absolute Gasteiger partial charge is 0.322 e. The second-order valence-electron chi connectivity index (χ2n) is 5.90. The van der Waals surface area contributed by atoms with Gasteiger partial charge in [-0.15, -0.1) is 0 Å². The van der Waals surface area contributed by atoms with Gasteiger partial charge in [-0.05, 0) is 61.2 Å². The van der Waals surface area contributed by atoms with Gasteiger partial charge in [0.2, 0.25) is 10.0 Å². The first-order valence-electron chi connectivity index (χ1n) is 8.52. The Morgan fingerprint density at radius 1 is 0.964 bits per heavy atom. The Hall–Kier alpha value is -3.29. The number of hydrogen-bond acceptors (Lipinski definition) is 4. The summed E-state index contributed by atoms with van der Waals surface area (Å²) in [7, 11) is -2.29. The Labute approximate surface area is 164 Å². The minimum Gasteiger partial charge on any atom is -0.322 e. The number of hydrogen-bond donors (Lipinski definition) is 2. The summed E-state index contributed by atoms with van der Waals surface area (Å²) >= 11 is 0. The van der Waals surface area contributed by atoms with E-state index in [1.807, 2.05) is 48.6 Å². The van der Waals surface area contributed by atoms with Gasteiger partial charge in [-0.25, -0.2) is 13.1 Å². The van der Waals surface area contributed by atoms with E-state index in [0.717, 1.165) is 11.3 Å². The van der Waals surface area contributed by atoms with Gasteiger partial charge in [0.1, 0.15) is 0 Å². The zero-order valence-electron chi connectivity index (χ0n) is 15.2. The quantitative estimate of drug-likeness (QED) is 0.672. The van der Waals surface area contributed by atoms with Crippen LogP contribution in [0.5, 0.6) is 0 Å². The molecule has 0 spiro atoms. The molecule has 0 saturated carbocycles. The fourth-order valence-corrected chi connectivity index (χ4v) is 3.28. The molecule has 7 heteroatoms. The molecule has 0 fully saturated rings. The summed E-state index contributed by atoms with van der Waals surface area (Å²) < 4.78 is 26.1. The first-order valence-corrected chi connectivity index (χ1v) is 10.0. The highest BCUT2D eigenvalue weighted by Crippen LogP contribution is 2.16. The summed E-state index contributed by atoms with van der Waals surface area (Å²) in [4.78, 5) is 16.8. The minimum atomic E-state index is -3.61. The third kappa shape index (κ3) is 4.91. The lowest BCUT2D eigenvalue weighted by atomic mass is 10.1. The molecule has 28 heavy (non-hydrogen) atoms. The molecule has 0 radical (unpaired) electrons. The number of rotatable bonds is 6. The topological polar surface area (TPSA) is 88.2 Å². The molecule has 1 heterocycles. The zero-order chi connectivity index (χ0) is 20.0. The minimum absolute atomic E-state index is 0.0368. The van der Waals surface area contributed by atoms with Crippen LogP contribution in [-0.2, 0) is 10.0 Å². The van der Waals surface area contributed by atoms with Gasteiger partial charge in [0.25, 0.3) is 5.91 Å². The van der Waals surface area contributed by atoms with Crippen LogP contribution in [0.2, 0.25) is 0 Å². The maximum atomic E-state index is 12.5. The Balaban J connectivity index is 1.76. The molecule has 3 aromatic rings. The predicted octanol–water partition coefficient (Wildman–Crippen LogP) is 3.41. The number of anilines is 1. The van der Waals surface area contributed by atoms with Crippen LogP contribution in [-0.4, -0.2) is 26.4 Å². The highest BCUT2D eigenvalue weighted by Gasteiger charge is 2.14. The molecule has 142 valence electrons. The van der Waals surface area contributed by atoms with Crippen molar-refractivity contribution in [3.8, 4) is 0 Å². The molecule has 0 atom stereocenters. The Morgan fingerprint density at radius 2 is 1.79 bits per heavy atom. The zero-order valence-corrected chi connectivity index (χ0v) is 16.0. The van der Waals surface area contributed by atoms with Gasteiger partial charge >= 0.3 is 0 Å². The average molecular weight is 393 g/mol. The van der Waals surface area contributed by atoms with Crippen LogP contribution in [0.4, 0.5) is 5.69 Å². The monoisotopic (exact) mass is 393 g/mol.